The van der Waals surface area contributed by atoms with Gasteiger partial charge in [-0.15, -0.1) is 0 Å². The molecule has 2 rings (SSSR count). The zero-order valence-electron chi connectivity index (χ0n) is 11.8. The molecule has 0 spiro atoms. The normalized spacial score (nSPS) is 21.9. The second-order valence-electron chi connectivity index (χ2n) is 5.49. The monoisotopic (exact) mass is 265 g/mol. The molecular weight excluding hydrogens is 242 g/mol. The molecule has 0 aromatic heterocycles. The third-order valence-electron chi connectivity index (χ3n) is 4.22. The van der Waals surface area contributed by atoms with Gasteiger partial charge in [0.2, 0.25) is 5.91 Å². The van der Waals surface area contributed by atoms with E-state index in [1.54, 1.807) is 0 Å². The number of rotatable bonds is 4. The summed E-state index contributed by atoms with van der Waals surface area (Å²) in [6, 6.07) is 0. The van der Waals surface area contributed by atoms with Crippen molar-refractivity contribution < 1.29 is 14.6 Å². The van der Waals surface area contributed by atoms with E-state index >= 15 is 0 Å². The molecule has 0 aromatic rings. The van der Waals surface area contributed by atoms with E-state index in [1.165, 1.54) is 18.1 Å². The second-order valence-corrected chi connectivity index (χ2v) is 5.49. The van der Waals surface area contributed by atoms with Crippen LogP contribution in [-0.4, -0.2) is 24.2 Å². The zero-order valence-corrected chi connectivity index (χ0v) is 11.8. The molecule has 4 nitrogen and oxygen atoms in total. The van der Waals surface area contributed by atoms with Gasteiger partial charge in [0.05, 0.1) is 6.61 Å². The average Bonchev–Trinajstić information content (AvgIpc) is 2.88. The Balaban J connectivity index is 2.34. The molecule has 1 aliphatic heterocycles. The fourth-order valence-electron chi connectivity index (χ4n) is 3.15. The number of nitrogens with one attached hydrogen (secondary N) is 1. The first-order valence-electron chi connectivity index (χ1n) is 7.07. The number of carbonyl (C=O) groups is 1. The minimum absolute atomic E-state index is 0.126. The van der Waals surface area contributed by atoms with Crippen LogP contribution in [0.1, 0.15) is 46.0 Å². The molecule has 1 aliphatic carbocycles. The molecule has 0 bridgehead atoms. The Bertz CT molecular complexity index is 417. The molecule has 0 saturated heterocycles. The first kappa shape index (κ1) is 14.1. The van der Waals surface area contributed by atoms with Gasteiger partial charge in [-0.2, -0.15) is 0 Å². The SMILES string of the molecule is CCC1=C(C2(CO)CCCC2)C=C(NC(C)=O)OC1. The highest BCUT2D eigenvalue weighted by molar-refractivity contribution is 5.74. The van der Waals surface area contributed by atoms with Crippen LogP contribution >= 0.6 is 0 Å². The molecule has 0 atom stereocenters. The van der Waals surface area contributed by atoms with Gasteiger partial charge in [0.25, 0.3) is 0 Å². The third kappa shape index (κ3) is 2.84. The van der Waals surface area contributed by atoms with Crippen LogP contribution in [0.3, 0.4) is 0 Å². The molecular formula is C15H23NO3. The number of ether oxygens (including phenoxy) is 1. The Morgan fingerprint density at radius 3 is 2.68 bits per heavy atom. The maximum Gasteiger partial charge on any atom is 0.223 e. The quantitative estimate of drug-likeness (QED) is 0.819. The molecule has 1 heterocycles. The van der Waals surface area contributed by atoms with Crippen molar-refractivity contribution in [3.05, 3.63) is 23.1 Å². The van der Waals surface area contributed by atoms with Crippen molar-refractivity contribution >= 4 is 5.91 Å². The maximum absolute atomic E-state index is 11.1. The summed E-state index contributed by atoms with van der Waals surface area (Å²) in [7, 11) is 0. The van der Waals surface area contributed by atoms with Crippen LogP contribution in [-0.2, 0) is 9.53 Å². The molecule has 0 aromatic carbocycles. The van der Waals surface area contributed by atoms with E-state index < -0.39 is 0 Å². The summed E-state index contributed by atoms with van der Waals surface area (Å²) in [6.07, 6.45) is 7.20. The van der Waals surface area contributed by atoms with Gasteiger partial charge in [0.15, 0.2) is 5.88 Å². The average molecular weight is 265 g/mol. The lowest BCUT2D eigenvalue weighted by atomic mass is 9.76. The molecule has 106 valence electrons. The Morgan fingerprint density at radius 2 is 2.16 bits per heavy atom. The van der Waals surface area contributed by atoms with Crippen molar-refractivity contribution in [1.29, 1.82) is 0 Å². The molecule has 4 heteroatoms. The third-order valence-corrected chi connectivity index (χ3v) is 4.22. The molecule has 1 fully saturated rings. The fraction of sp³-hybridized carbons (Fsp3) is 0.667. The van der Waals surface area contributed by atoms with Gasteiger partial charge in [-0.05, 0) is 30.4 Å². The number of hydrogen-bond acceptors (Lipinski definition) is 3. The summed E-state index contributed by atoms with van der Waals surface area (Å²) in [4.78, 5) is 11.1. The van der Waals surface area contributed by atoms with E-state index in [0.29, 0.717) is 12.5 Å². The largest absolute Gasteiger partial charge is 0.474 e. The van der Waals surface area contributed by atoms with Crippen molar-refractivity contribution in [2.24, 2.45) is 5.41 Å². The summed E-state index contributed by atoms with van der Waals surface area (Å²) in [5.74, 6) is 0.384. The highest BCUT2D eigenvalue weighted by atomic mass is 16.5. The van der Waals surface area contributed by atoms with Crippen LogP contribution < -0.4 is 5.32 Å². The van der Waals surface area contributed by atoms with Gasteiger partial charge in [0.1, 0.15) is 6.61 Å². The molecule has 1 saturated carbocycles. The number of amides is 1. The van der Waals surface area contributed by atoms with Crippen LogP contribution in [0.5, 0.6) is 0 Å². The standard InChI is InChI=1S/C15H23NO3/c1-3-12-9-19-14(16-11(2)18)8-13(12)15(10-17)6-4-5-7-15/h8,17H,3-7,9-10H2,1-2H3,(H,16,18). The van der Waals surface area contributed by atoms with E-state index in [-0.39, 0.29) is 17.9 Å². The predicted molar refractivity (Wildman–Crippen MR) is 73.2 cm³/mol. The second kappa shape index (κ2) is 5.78. The molecule has 0 radical (unpaired) electrons. The van der Waals surface area contributed by atoms with Crippen molar-refractivity contribution in [3.63, 3.8) is 0 Å². The van der Waals surface area contributed by atoms with Gasteiger partial charge in [-0.3, -0.25) is 10.1 Å². The number of hydrogen-bond donors (Lipinski definition) is 2. The highest BCUT2D eigenvalue weighted by Crippen LogP contribution is 2.47. The fourth-order valence-corrected chi connectivity index (χ4v) is 3.15. The van der Waals surface area contributed by atoms with Crippen molar-refractivity contribution in [1.82, 2.24) is 5.32 Å². The van der Waals surface area contributed by atoms with Crippen molar-refractivity contribution in [2.45, 2.75) is 46.0 Å². The number of allylic oxidation sites excluding steroid dienone is 1. The minimum atomic E-state index is -0.130. The first-order valence-corrected chi connectivity index (χ1v) is 7.07. The molecule has 19 heavy (non-hydrogen) atoms. The molecule has 1 amide bonds. The van der Waals surface area contributed by atoms with Crippen molar-refractivity contribution in [2.75, 3.05) is 13.2 Å². The van der Waals surface area contributed by atoms with Crippen LogP contribution in [0.25, 0.3) is 0 Å². The van der Waals surface area contributed by atoms with E-state index in [2.05, 4.69) is 12.2 Å². The summed E-state index contributed by atoms with van der Waals surface area (Å²) >= 11 is 0. The summed E-state index contributed by atoms with van der Waals surface area (Å²) in [5, 5.41) is 12.6. The van der Waals surface area contributed by atoms with Crippen molar-refractivity contribution in [3.8, 4) is 0 Å². The van der Waals surface area contributed by atoms with E-state index in [0.717, 1.165) is 32.1 Å². The van der Waals surface area contributed by atoms with Crippen LogP contribution in [0, 0.1) is 5.41 Å². The maximum atomic E-state index is 11.1. The molecule has 0 unspecified atom stereocenters. The summed E-state index contributed by atoms with van der Waals surface area (Å²) in [5.41, 5.74) is 2.30. The lowest BCUT2D eigenvalue weighted by Gasteiger charge is -2.33. The van der Waals surface area contributed by atoms with Crippen LogP contribution in [0.2, 0.25) is 0 Å². The Labute approximate surface area is 114 Å². The smallest absolute Gasteiger partial charge is 0.223 e. The Hall–Kier alpha value is -1.29. The van der Waals surface area contributed by atoms with E-state index in [4.69, 9.17) is 4.74 Å². The van der Waals surface area contributed by atoms with E-state index in [1.807, 2.05) is 6.08 Å². The van der Waals surface area contributed by atoms with Gasteiger partial charge in [0, 0.05) is 18.4 Å². The van der Waals surface area contributed by atoms with Gasteiger partial charge >= 0.3 is 0 Å². The lowest BCUT2D eigenvalue weighted by molar-refractivity contribution is -0.119. The first-order chi connectivity index (χ1) is 9.11. The zero-order chi connectivity index (χ0) is 13.9. The number of carbonyl (C=O) groups excluding carboxylic acids is 1. The molecule has 2 N–H and O–H groups in total. The summed E-state index contributed by atoms with van der Waals surface area (Å²) in [6.45, 7) is 4.27. The van der Waals surface area contributed by atoms with E-state index in [9.17, 15) is 9.90 Å². The Kier molecular flexibility index (Phi) is 4.30. The van der Waals surface area contributed by atoms with Gasteiger partial charge in [-0.25, -0.2) is 0 Å². The topological polar surface area (TPSA) is 58.6 Å². The van der Waals surface area contributed by atoms with Gasteiger partial charge < -0.3 is 9.84 Å². The van der Waals surface area contributed by atoms with Crippen LogP contribution in [0.15, 0.2) is 23.1 Å². The summed E-state index contributed by atoms with van der Waals surface area (Å²) < 4.78 is 5.56. The highest BCUT2D eigenvalue weighted by Gasteiger charge is 2.38. The lowest BCUT2D eigenvalue weighted by Crippen LogP contribution is -2.30. The van der Waals surface area contributed by atoms with Crippen LogP contribution in [0.4, 0.5) is 0 Å². The Morgan fingerprint density at radius 1 is 1.47 bits per heavy atom. The van der Waals surface area contributed by atoms with Gasteiger partial charge in [-0.1, -0.05) is 19.8 Å². The number of aliphatic hydroxyl groups is 1. The predicted octanol–water partition coefficient (Wildman–Crippen LogP) is 2.25. The molecule has 2 aliphatic rings. The number of aliphatic hydroxyl groups excluding tert-OH is 1. The minimum Gasteiger partial charge on any atom is -0.474 e.